The van der Waals surface area contributed by atoms with Crippen molar-refractivity contribution in [2.24, 2.45) is 5.73 Å². The van der Waals surface area contributed by atoms with E-state index in [0.717, 1.165) is 0 Å². The van der Waals surface area contributed by atoms with Crippen molar-refractivity contribution in [1.82, 2.24) is 0 Å². The van der Waals surface area contributed by atoms with Crippen molar-refractivity contribution in [1.29, 1.82) is 0 Å². The molecule has 2 N–H and O–H groups in total. The molecule has 0 bridgehead atoms. The summed E-state index contributed by atoms with van der Waals surface area (Å²) in [6.45, 7) is 1.58. The van der Waals surface area contributed by atoms with Gasteiger partial charge in [-0.2, -0.15) is 0 Å². The Hall–Kier alpha value is -0.780. The number of hydrogen-bond donors (Lipinski definition) is 1. The smallest absolute Gasteiger partial charge is 0.151 e. The molecule has 0 saturated carbocycles. The van der Waals surface area contributed by atoms with Crippen LogP contribution in [0.25, 0.3) is 0 Å². The van der Waals surface area contributed by atoms with Gasteiger partial charge in [0.1, 0.15) is 5.75 Å². The molecule has 0 aliphatic rings. The van der Waals surface area contributed by atoms with Crippen molar-refractivity contribution in [2.75, 3.05) is 13.4 Å². The third-order valence-corrected chi connectivity index (χ3v) is 4.68. The number of halogens is 1. The third kappa shape index (κ3) is 3.34. The van der Waals surface area contributed by atoms with Gasteiger partial charge in [-0.25, -0.2) is 8.42 Å². The number of ether oxygens (including phenoxy) is 1. The van der Waals surface area contributed by atoms with E-state index in [1.54, 1.807) is 25.1 Å². The summed E-state index contributed by atoms with van der Waals surface area (Å²) in [5.74, 6) is 0.537. The van der Waals surface area contributed by atoms with Crippen LogP contribution >= 0.6 is 11.6 Å². The van der Waals surface area contributed by atoms with Crippen LogP contribution in [0.15, 0.2) is 18.2 Å². The zero-order valence-electron chi connectivity index (χ0n) is 9.98. The summed E-state index contributed by atoms with van der Waals surface area (Å²) in [4.78, 5) is 0. The maximum Gasteiger partial charge on any atom is 0.151 e. The van der Waals surface area contributed by atoms with Gasteiger partial charge in [0.2, 0.25) is 0 Å². The van der Waals surface area contributed by atoms with Crippen molar-refractivity contribution in [3.63, 3.8) is 0 Å². The fourth-order valence-corrected chi connectivity index (χ4v) is 2.38. The van der Waals surface area contributed by atoms with Gasteiger partial charge < -0.3 is 10.5 Å². The fourth-order valence-electron chi connectivity index (χ4n) is 1.43. The van der Waals surface area contributed by atoms with Crippen LogP contribution in [0.3, 0.4) is 0 Å². The number of sulfone groups is 1. The van der Waals surface area contributed by atoms with Gasteiger partial charge in [0.25, 0.3) is 0 Å². The first-order valence-corrected chi connectivity index (χ1v) is 7.38. The maximum atomic E-state index is 11.4. The minimum Gasteiger partial charge on any atom is -0.495 e. The minimum atomic E-state index is -3.18. The van der Waals surface area contributed by atoms with E-state index in [1.165, 1.54) is 13.4 Å². The van der Waals surface area contributed by atoms with Crippen LogP contribution in [-0.4, -0.2) is 27.0 Å². The van der Waals surface area contributed by atoms with Crippen LogP contribution in [0.4, 0.5) is 0 Å². The molecular weight excluding hydrogens is 262 g/mol. The molecule has 0 spiro atoms. The lowest BCUT2D eigenvalue weighted by molar-refractivity contribution is 0.414. The summed E-state index contributed by atoms with van der Waals surface area (Å²) in [5.41, 5.74) is 6.58. The van der Waals surface area contributed by atoms with E-state index in [2.05, 4.69) is 0 Å². The number of nitrogens with two attached hydrogens (primary N) is 1. The Bertz CT molecular complexity index is 501. The van der Waals surface area contributed by atoms with Gasteiger partial charge in [0, 0.05) is 12.3 Å². The van der Waals surface area contributed by atoms with Crippen molar-refractivity contribution >= 4 is 21.4 Å². The molecule has 0 amide bonds. The minimum absolute atomic E-state index is 0.418. The molecule has 2 unspecified atom stereocenters. The summed E-state index contributed by atoms with van der Waals surface area (Å²) in [6.07, 6.45) is 1.17. The molecule has 96 valence electrons. The van der Waals surface area contributed by atoms with Gasteiger partial charge in [-0.3, -0.25) is 0 Å². The lowest BCUT2D eigenvalue weighted by Gasteiger charge is -2.19. The highest BCUT2D eigenvalue weighted by Gasteiger charge is 2.24. The third-order valence-electron chi connectivity index (χ3n) is 2.74. The Kier molecular flexibility index (Phi) is 4.41. The Balaban J connectivity index is 3.05. The van der Waals surface area contributed by atoms with Crippen LogP contribution in [-0.2, 0) is 9.84 Å². The Morgan fingerprint density at radius 3 is 2.41 bits per heavy atom. The first-order valence-electron chi connectivity index (χ1n) is 5.05. The monoisotopic (exact) mass is 277 g/mol. The van der Waals surface area contributed by atoms with E-state index < -0.39 is 21.1 Å². The molecule has 0 aliphatic heterocycles. The van der Waals surface area contributed by atoms with Crippen LogP contribution in [0.5, 0.6) is 5.75 Å². The van der Waals surface area contributed by atoms with E-state index in [4.69, 9.17) is 22.1 Å². The molecule has 4 nitrogen and oxygen atoms in total. The topological polar surface area (TPSA) is 69.4 Å². The molecule has 1 rings (SSSR count). The molecule has 0 radical (unpaired) electrons. The van der Waals surface area contributed by atoms with Crippen molar-refractivity contribution in [3.05, 3.63) is 28.8 Å². The number of hydrogen-bond acceptors (Lipinski definition) is 4. The highest BCUT2D eigenvalue weighted by atomic mass is 35.5. The molecule has 2 atom stereocenters. The average Bonchev–Trinajstić information content (AvgIpc) is 2.25. The second kappa shape index (κ2) is 5.25. The molecule has 0 heterocycles. The SMILES string of the molecule is COc1ccc(C(N)C(C)S(C)(=O)=O)cc1Cl. The predicted octanol–water partition coefficient (Wildman–Crippen LogP) is 1.78. The maximum absolute atomic E-state index is 11.4. The second-order valence-electron chi connectivity index (χ2n) is 3.95. The number of rotatable bonds is 4. The predicted molar refractivity (Wildman–Crippen MR) is 69.2 cm³/mol. The van der Waals surface area contributed by atoms with Gasteiger partial charge in [0.15, 0.2) is 9.84 Å². The molecule has 1 aromatic rings. The molecule has 1 aromatic carbocycles. The first kappa shape index (κ1) is 14.3. The highest BCUT2D eigenvalue weighted by Crippen LogP contribution is 2.29. The van der Waals surface area contributed by atoms with E-state index in [1.807, 2.05) is 0 Å². The van der Waals surface area contributed by atoms with E-state index in [-0.39, 0.29) is 0 Å². The molecule has 0 aliphatic carbocycles. The summed E-state index contributed by atoms with van der Waals surface area (Å²) < 4.78 is 27.8. The van der Waals surface area contributed by atoms with Gasteiger partial charge in [-0.05, 0) is 24.6 Å². The highest BCUT2D eigenvalue weighted by molar-refractivity contribution is 7.91. The molecule has 0 fully saturated rings. The quantitative estimate of drug-likeness (QED) is 0.911. The second-order valence-corrected chi connectivity index (χ2v) is 6.76. The van der Waals surface area contributed by atoms with E-state index >= 15 is 0 Å². The first-order chi connectivity index (χ1) is 7.77. The van der Waals surface area contributed by atoms with Crippen LogP contribution < -0.4 is 10.5 Å². The summed E-state index contributed by atoms with van der Waals surface area (Å²) >= 11 is 5.96. The summed E-state index contributed by atoms with van der Waals surface area (Å²) in [7, 11) is -1.66. The van der Waals surface area contributed by atoms with E-state index in [9.17, 15) is 8.42 Å². The Morgan fingerprint density at radius 2 is 2.00 bits per heavy atom. The van der Waals surface area contributed by atoms with Crippen LogP contribution in [0.2, 0.25) is 5.02 Å². The molecule has 0 aromatic heterocycles. The van der Waals surface area contributed by atoms with Gasteiger partial charge in [0.05, 0.1) is 17.4 Å². The number of methoxy groups -OCH3 is 1. The molecule has 0 saturated heterocycles. The molecular formula is C11H16ClNO3S. The van der Waals surface area contributed by atoms with Crippen molar-refractivity contribution in [3.8, 4) is 5.75 Å². The number of benzene rings is 1. The van der Waals surface area contributed by atoms with Crippen LogP contribution in [0.1, 0.15) is 18.5 Å². The van der Waals surface area contributed by atoms with E-state index in [0.29, 0.717) is 16.3 Å². The zero-order valence-corrected chi connectivity index (χ0v) is 11.5. The Labute approximate surface area is 107 Å². The average molecular weight is 278 g/mol. The molecule has 6 heteroatoms. The summed E-state index contributed by atoms with van der Waals surface area (Å²) in [6, 6.07) is 4.42. The van der Waals surface area contributed by atoms with Gasteiger partial charge in [-0.15, -0.1) is 0 Å². The zero-order chi connectivity index (χ0) is 13.2. The van der Waals surface area contributed by atoms with Gasteiger partial charge >= 0.3 is 0 Å². The lowest BCUT2D eigenvalue weighted by Crippen LogP contribution is -2.30. The largest absolute Gasteiger partial charge is 0.495 e. The van der Waals surface area contributed by atoms with Crippen molar-refractivity contribution in [2.45, 2.75) is 18.2 Å². The standard InChI is InChI=1S/C11H16ClNO3S/c1-7(17(3,14)15)11(13)8-4-5-10(16-2)9(12)6-8/h4-7,11H,13H2,1-3H3. The van der Waals surface area contributed by atoms with Gasteiger partial charge in [-0.1, -0.05) is 17.7 Å². The van der Waals surface area contributed by atoms with Crippen molar-refractivity contribution < 1.29 is 13.2 Å². The summed E-state index contributed by atoms with van der Waals surface area (Å²) in [5, 5.41) is -0.242. The Morgan fingerprint density at radius 1 is 1.41 bits per heavy atom. The molecule has 17 heavy (non-hydrogen) atoms. The normalized spacial score (nSPS) is 15.4. The lowest BCUT2D eigenvalue weighted by atomic mass is 10.1. The van der Waals surface area contributed by atoms with Crippen LogP contribution in [0, 0.1) is 0 Å². The fraction of sp³-hybridized carbons (Fsp3) is 0.455.